The van der Waals surface area contributed by atoms with Crippen LogP contribution in [0.15, 0.2) is 42.7 Å². The second-order valence-corrected chi connectivity index (χ2v) is 9.07. The van der Waals surface area contributed by atoms with Gasteiger partial charge in [-0.25, -0.2) is 4.98 Å². The normalized spacial score (nSPS) is 15.8. The van der Waals surface area contributed by atoms with Gasteiger partial charge >= 0.3 is 0 Å². The molecular weight excluding hydrogens is 388 g/mol. The van der Waals surface area contributed by atoms with E-state index in [9.17, 15) is 9.59 Å². The first-order valence-electron chi connectivity index (χ1n) is 11.5. The van der Waals surface area contributed by atoms with Crippen LogP contribution in [-0.2, 0) is 16.1 Å². The van der Waals surface area contributed by atoms with Crippen LogP contribution in [-0.4, -0.2) is 51.3 Å². The van der Waals surface area contributed by atoms with Gasteiger partial charge in [0.15, 0.2) is 0 Å². The Morgan fingerprint density at radius 3 is 2.45 bits per heavy atom. The van der Waals surface area contributed by atoms with Gasteiger partial charge in [-0.05, 0) is 37.7 Å². The van der Waals surface area contributed by atoms with Crippen molar-refractivity contribution in [2.24, 2.45) is 5.92 Å². The Bertz CT molecular complexity index is 853. The van der Waals surface area contributed by atoms with Gasteiger partial charge in [0.25, 0.3) is 0 Å². The van der Waals surface area contributed by atoms with Crippen molar-refractivity contribution in [2.45, 2.75) is 65.0 Å². The number of rotatable bonds is 8. The Balaban J connectivity index is 1.43. The molecule has 1 aromatic heterocycles. The largest absolute Gasteiger partial charge is 0.341 e. The zero-order valence-electron chi connectivity index (χ0n) is 19.3. The summed E-state index contributed by atoms with van der Waals surface area (Å²) in [6.07, 6.45) is 7.09. The molecule has 1 aliphatic rings. The van der Waals surface area contributed by atoms with Crippen molar-refractivity contribution in [1.29, 1.82) is 0 Å². The third-order valence-electron chi connectivity index (χ3n) is 6.37. The van der Waals surface area contributed by atoms with Gasteiger partial charge < -0.3 is 14.4 Å². The van der Waals surface area contributed by atoms with Gasteiger partial charge in [-0.15, -0.1) is 0 Å². The number of imidazole rings is 1. The van der Waals surface area contributed by atoms with Crippen LogP contribution in [0.25, 0.3) is 0 Å². The highest BCUT2D eigenvalue weighted by atomic mass is 16.2. The second-order valence-electron chi connectivity index (χ2n) is 9.07. The van der Waals surface area contributed by atoms with Crippen molar-refractivity contribution in [3.05, 3.63) is 54.1 Å². The molecule has 6 nitrogen and oxygen atoms in total. The number of benzene rings is 1. The minimum Gasteiger partial charge on any atom is -0.341 e. The molecule has 0 spiro atoms. The molecule has 1 atom stereocenters. The summed E-state index contributed by atoms with van der Waals surface area (Å²) in [6, 6.07) is 9.85. The zero-order chi connectivity index (χ0) is 22.4. The minimum absolute atomic E-state index is 0.164. The van der Waals surface area contributed by atoms with Gasteiger partial charge in [0.05, 0.1) is 0 Å². The average Bonchev–Trinajstić information content (AvgIpc) is 3.28. The van der Waals surface area contributed by atoms with E-state index in [4.69, 9.17) is 0 Å². The van der Waals surface area contributed by atoms with Crippen molar-refractivity contribution >= 4 is 11.8 Å². The smallest absolute Gasteiger partial charge is 0.245 e. The van der Waals surface area contributed by atoms with Gasteiger partial charge in [0, 0.05) is 51.4 Å². The van der Waals surface area contributed by atoms with E-state index in [2.05, 4.69) is 18.8 Å². The first kappa shape index (κ1) is 23.0. The van der Waals surface area contributed by atoms with Gasteiger partial charge in [0.1, 0.15) is 11.9 Å². The minimum atomic E-state index is -0.232. The van der Waals surface area contributed by atoms with Crippen LogP contribution >= 0.6 is 0 Å². The van der Waals surface area contributed by atoms with Crippen LogP contribution in [0.3, 0.4) is 0 Å². The molecule has 0 N–H and O–H groups in total. The van der Waals surface area contributed by atoms with Crippen molar-refractivity contribution < 1.29 is 9.59 Å². The molecule has 0 aliphatic carbocycles. The van der Waals surface area contributed by atoms with Crippen molar-refractivity contribution in [3.8, 4) is 0 Å². The van der Waals surface area contributed by atoms with Crippen molar-refractivity contribution in [2.75, 3.05) is 20.1 Å². The number of hydrogen-bond acceptors (Lipinski definition) is 3. The van der Waals surface area contributed by atoms with Crippen LogP contribution in [0, 0.1) is 5.92 Å². The number of carbonyl (C=O) groups excluding carboxylic acids is 2. The molecule has 1 saturated heterocycles. The van der Waals surface area contributed by atoms with E-state index in [1.165, 1.54) is 0 Å². The number of carbonyl (C=O) groups is 2. The Labute approximate surface area is 186 Å². The van der Waals surface area contributed by atoms with Crippen LogP contribution in [0.4, 0.5) is 0 Å². The molecule has 0 unspecified atom stereocenters. The summed E-state index contributed by atoms with van der Waals surface area (Å²) in [5, 5.41) is 0. The standard InChI is InChI=1S/C25H36N4O2/c1-19(2)24-26-14-17-29(24)20(3)25(31)28-15-12-21(13-16-28)10-11-23(30)27(4)18-22-8-6-5-7-9-22/h5-9,14,17,19-21H,10-13,15-16,18H2,1-4H3/t20-/m1/s1. The predicted molar refractivity (Wildman–Crippen MR) is 122 cm³/mol. The van der Waals surface area contributed by atoms with E-state index < -0.39 is 0 Å². The Hall–Kier alpha value is -2.63. The second kappa shape index (κ2) is 10.6. The van der Waals surface area contributed by atoms with Crippen LogP contribution in [0.5, 0.6) is 0 Å². The highest BCUT2D eigenvalue weighted by molar-refractivity contribution is 5.80. The fourth-order valence-corrected chi connectivity index (χ4v) is 4.39. The maximum absolute atomic E-state index is 13.0. The maximum Gasteiger partial charge on any atom is 0.245 e. The molecule has 0 radical (unpaired) electrons. The Morgan fingerprint density at radius 1 is 1.13 bits per heavy atom. The average molecular weight is 425 g/mol. The fraction of sp³-hybridized carbons (Fsp3) is 0.560. The number of hydrogen-bond donors (Lipinski definition) is 0. The monoisotopic (exact) mass is 424 g/mol. The van der Waals surface area contributed by atoms with E-state index >= 15 is 0 Å². The number of likely N-dealkylation sites (tertiary alicyclic amines) is 1. The summed E-state index contributed by atoms with van der Waals surface area (Å²) >= 11 is 0. The highest BCUT2D eigenvalue weighted by Crippen LogP contribution is 2.25. The summed E-state index contributed by atoms with van der Waals surface area (Å²) in [7, 11) is 1.87. The van der Waals surface area contributed by atoms with E-state index in [-0.39, 0.29) is 23.8 Å². The van der Waals surface area contributed by atoms with Crippen LogP contribution in [0.1, 0.15) is 69.8 Å². The summed E-state index contributed by atoms with van der Waals surface area (Å²) in [4.78, 5) is 33.8. The zero-order valence-corrected chi connectivity index (χ0v) is 19.3. The maximum atomic E-state index is 13.0. The summed E-state index contributed by atoms with van der Waals surface area (Å²) in [6.45, 7) is 8.35. The molecule has 3 rings (SSSR count). The molecule has 6 heteroatoms. The third-order valence-corrected chi connectivity index (χ3v) is 6.37. The summed E-state index contributed by atoms with van der Waals surface area (Å²) < 4.78 is 2.00. The van der Waals surface area contributed by atoms with Crippen molar-refractivity contribution in [1.82, 2.24) is 19.4 Å². The molecule has 0 bridgehead atoms. The Kier molecular flexibility index (Phi) is 7.88. The summed E-state index contributed by atoms with van der Waals surface area (Å²) in [5.74, 6) is 2.10. The van der Waals surface area contributed by atoms with Gasteiger partial charge in [-0.1, -0.05) is 44.2 Å². The van der Waals surface area contributed by atoms with Gasteiger partial charge in [-0.3, -0.25) is 9.59 Å². The first-order valence-corrected chi connectivity index (χ1v) is 11.5. The lowest BCUT2D eigenvalue weighted by Gasteiger charge is -2.34. The molecule has 31 heavy (non-hydrogen) atoms. The number of amides is 2. The van der Waals surface area contributed by atoms with E-state index in [1.807, 2.05) is 64.9 Å². The number of aromatic nitrogens is 2. The van der Waals surface area contributed by atoms with Gasteiger partial charge in [0.2, 0.25) is 11.8 Å². The first-order chi connectivity index (χ1) is 14.9. The molecule has 1 aromatic carbocycles. The highest BCUT2D eigenvalue weighted by Gasteiger charge is 2.28. The van der Waals surface area contributed by atoms with E-state index in [1.54, 1.807) is 6.20 Å². The molecule has 2 amide bonds. The lowest BCUT2D eigenvalue weighted by atomic mass is 9.91. The van der Waals surface area contributed by atoms with Crippen molar-refractivity contribution in [3.63, 3.8) is 0 Å². The molecular formula is C25H36N4O2. The SMILES string of the molecule is CC(C)c1nccn1[C@H](C)C(=O)N1CCC(CCC(=O)N(C)Cc2ccccc2)CC1. The Morgan fingerprint density at radius 2 is 1.81 bits per heavy atom. The lowest BCUT2D eigenvalue weighted by molar-refractivity contribution is -0.136. The molecule has 168 valence electrons. The molecule has 0 saturated carbocycles. The number of nitrogens with zero attached hydrogens (tertiary/aromatic N) is 4. The quantitative estimate of drug-likeness (QED) is 0.637. The fourth-order valence-electron chi connectivity index (χ4n) is 4.39. The molecule has 2 heterocycles. The molecule has 2 aromatic rings. The predicted octanol–water partition coefficient (Wildman–Crippen LogP) is 4.24. The van der Waals surface area contributed by atoms with E-state index in [0.717, 1.165) is 43.7 Å². The summed E-state index contributed by atoms with van der Waals surface area (Å²) in [5.41, 5.74) is 1.15. The molecule has 1 aliphatic heterocycles. The van der Waals surface area contributed by atoms with Gasteiger partial charge in [-0.2, -0.15) is 0 Å². The topological polar surface area (TPSA) is 58.4 Å². The molecule has 1 fully saturated rings. The van der Waals surface area contributed by atoms with E-state index in [0.29, 0.717) is 18.9 Å². The van der Waals surface area contributed by atoms with Crippen LogP contribution < -0.4 is 0 Å². The lowest BCUT2D eigenvalue weighted by Crippen LogP contribution is -2.42. The van der Waals surface area contributed by atoms with Crippen LogP contribution in [0.2, 0.25) is 0 Å². The third kappa shape index (κ3) is 5.96. The number of piperidine rings is 1.